The van der Waals surface area contributed by atoms with Crippen LogP contribution in [0.3, 0.4) is 0 Å². The molecule has 0 spiro atoms. The molecule has 0 aliphatic carbocycles. The van der Waals surface area contributed by atoms with Crippen molar-refractivity contribution in [2.45, 2.75) is 131 Å². The quantitative estimate of drug-likeness (QED) is 0.0202. The predicted molar refractivity (Wildman–Crippen MR) is 307 cm³/mol. The number of hydrogen-bond acceptors (Lipinski definition) is 11. The third kappa shape index (κ3) is 14.8. The molecule has 0 unspecified atom stereocenters. The van der Waals surface area contributed by atoms with Gasteiger partial charge in [-0.05, 0) is 111 Å². The molecule has 4 heterocycles. The van der Waals surface area contributed by atoms with E-state index in [1.807, 2.05) is 65.3 Å². The molecule has 432 valence electrons. The average Bonchev–Trinajstić information content (AvgIpc) is 4.05. The molecule has 18 nitrogen and oxygen atoms in total. The van der Waals surface area contributed by atoms with Gasteiger partial charge in [0.25, 0.3) is 29.3 Å². The first-order valence-electron chi connectivity index (χ1n) is 27.5. The van der Waals surface area contributed by atoms with Gasteiger partial charge in [0.2, 0.25) is 0 Å². The van der Waals surface area contributed by atoms with Gasteiger partial charge in [-0.1, -0.05) is 102 Å². The van der Waals surface area contributed by atoms with E-state index in [1.165, 1.54) is 22.9 Å². The van der Waals surface area contributed by atoms with E-state index in [1.54, 1.807) is 51.7 Å². The first-order valence-corrected chi connectivity index (χ1v) is 27.5. The van der Waals surface area contributed by atoms with Gasteiger partial charge in [0.05, 0.1) is 52.7 Å². The van der Waals surface area contributed by atoms with E-state index in [2.05, 4.69) is 37.9 Å². The SMILES string of the molecule is CCCCN(CCCC)C(=O)c1cc(C)n(-c2ccc(N)cc2C(=O)N2Cc3ccccc3C[C@H]2CO)n1.CCCCN(CCCC)C(=O)c1cc(C)n(-c2ccc([N+](=O)[O-])cc2C(=O)N2Cc3ccccc3C[C@H]2CO)n1.[CH3-].[Pd]. The molecule has 4 aromatic carbocycles. The Hall–Kier alpha value is -7.04. The average molecular weight is 1190 g/mol. The summed E-state index contributed by atoms with van der Waals surface area (Å²) in [4.78, 5) is 72.9. The number of fused-ring (bicyclic) bond motifs is 2. The Bertz CT molecular complexity index is 3070. The van der Waals surface area contributed by atoms with Crippen LogP contribution < -0.4 is 5.73 Å². The molecule has 2 aliphatic heterocycles. The molecule has 2 aliphatic rings. The number of amides is 4. The van der Waals surface area contributed by atoms with Crippen LogP contribution >= 0.6 is 0 Å². The topological polar surface area (TPSA) is 226 Å². The Balaban J connectivity index is 0.000000287. The molecule has 4 amide bonds. The standard InChI is InChI=1S/C30H37N5O5.C30H39N5O3.CH3.Pd/c1-4-6-14-32(15-7-5-2)30(38)27-16-21(3)34(31-27)28-13-12-24(35(39)40)18-26(28)29(37)33-19-23-11-9-8-10-22(23)17-25(33)20-36;1-4-6-14-33(15-7-5-2)30(38)27-16-21(3)35(32-27)28-13-12-24(31)18-26(28)29(37)34-19-23-11-9-8-10-22(23)17-25(34)20-36;;/h8-13,16,18,25,36H,4-7,14-15,17,19-20H2,1-3H3;8-13,16,18,25,36H,4-7,14-15,17,19-20,31H2,1-3H3;1H3;/q;;-1;/t2*25-;;/m00../s1. The number of anilines is 1. The Kier molecular flexibility index (Phi) is 23.9. The van der Waals surface area contributed by atoms with Crippen LogP contribution in [0.15, 0.2) is 97.1 Å². The molecule has 0 saturated heterocycles. The molecule has 19 heteroatoms. The number of benzene rings is 4. The zero-order valence-corrected chi connectivity index (χ0v) is 48.9. The second-order valence-corrected chi connectivity index (χ2v) is 20.4. The summed E-state index contributed by atoms with van der Waals surface area (Å²) in [5.41, 5.74) is 14.0. The number of carbonyl (C=O) groups excluding carboxylic acids is 4. The minimum absolute atomic E-state index is 0. The van der Waals surface area contributed by atoms with Crippen LogP contribution in [0.5, 0.6) is 0 Å². The third-order valence-electron chi connectivity index (χ3n) is 14.7. The van der Waals surface area contributed by atoms with Crippen molar-refractivity contribution in [2.24, 2.45) is 0 Å². The van der Waals surface area contributed by atoms with Gasteiger partial charge in [0.1, 0.15) is 0 Å². The number of nitrogens with two attached hydrogens (primary N) is 1. The van der Waals surface area contributed by atoms with Crippen LogP contribution in [-0.4, -0.2) is 129 Å². The maximum absolute atomic E-state index is 14.0. The zero-order valence-electron chi connectivity index (χ0n) is 47.4. The first kappa shape index (κ1) is 63.8. The van der Waals surface area contributed by atoms with Gasteiger partial charge >= 0.3 is 0 Å². The van der Waals surface area contributed by atoms with Crippen molar-refractivity contribution in [3.05, 3.63) is 171 Å². The number of rotatable bonds is 21. The van der Waals surface area contributed by atoms with Crippen molar-refractivity contribution < 1.29 is 54.7 Å². The summed E-state index contributed by atoms with van der Waals surface area (Å²) in [6.07, 6.45) is 8.68. The maximum Gasteiger partial charge on any atom is 0.274 e. The summed E-state index contributed by atoms with van der Waals surface area (Å²) >= 11 is 0. The second-order valence-electron chi connectivity index (χ2n) is 20.4. The smallest absolute Gasteiger partial charge is 0.274 e. The number of nitro groups is 1. The molecule has 2 aromatic heterocycles. The number of nitro benzene ring substituents is 1. The second kappa shape index (κ2) is 30.0. The number of aryl methyl sites for hydroxylation is 2. The minimum atomic E-state index is -0.542. The van der Waals surface area contributed by atoms with Gasteiger partial charge in [0.15, 0.2) is 11.4 Å². The fourth-order valence-electron chi connectivity index (χ4n) is 10.2. The van der Waals surface area contributed by atoms with Crippen molar-refractivity contribution >= 4 is 35.0 Å². The van der Waals surface area contributed by atoms with Crippen LogP contribution in [0, 0.1) is 31.4 Å². The molecule has 8 rings (SSSR count). The molecule has 4 N–H and O–H groups in total. The van der Waals surface area contributed by atoms with Crippen molar-refractivity contribution in [1.82, 2.24) is 39.2 Å². The molecular weight excluding hydrogens is 1110 g/mol. The van der Waals surface area contributed by atoms with Gasteiger partial charge in [-0.2, -0.15) is 10.2 Å². The van der Waals surface area contributed by atoms with Crippen molar-refractivity contribution in [1.29, 1.82) is 0 Å². The van der Waals surface area contributed by atoms with E-state index in [0.717, 1.165) is 79.3 Å². The minimum Gasteiger partial charge on any atom is -0.399 e. The Labute approximate surface area is 484 Å². The van der Waals surface area contributed by atoms with E-state index in [4.69, 9.17) is 5.73 Å². The third-order valence-corrected chi connectivity index (χ3v) is 14.7. The number of hydrogen-bond donors (Lipinski definition) is 3. The van der Waals surface area contributed by atoms with Gasteiger partial charge in [-0.25, -0.2) is 9.36 Å². The predicted octanol–water partition coefficient (Wildman–Crippen LogP) is 9.50. The summed E-state index contributed by atoms with van der Waals surface area (Å²) < 4.78 is 3.16. The fraction of sp³-hybridized carbons (Fsp3) is 0.426. The normalized spacial score (nSPS) is 14.3. The summed E-state index contributed by atoms with van der Waals surface area (Å²) in [6, 6.07) is 27.6. The summed E-state index contributed by atoms with van der Waals surface area (Å²) in [6.45, 7) is 15.0. The van der Waals surface area contributed by atoms with Gasteiger partial charge in [-0.3, -0.25) is 29.3 Å². The van der Waals surface area contributed by atoms with Crippen LogP contribution in [0.25, 0.3) is 11.4 Å². The number of aliphatic hydroxyl groups is 2. The molecule has 0 bridgehead atoms. The van der Waals surface area contributed by atoms with Gasteiger partial charge < -0.3 is 43.0 Å². The van der Waals surface area contributed by atoms with E-state index >= 15 is 0 Å². The van der Waals surface area contributed by atoms with Crippen LogP contribution in [0.1, 0.15) is 154 Å². The Morgan fingerprint density at radius 1 is 0.600 bits per heavy atom. The number of aliphatic hydroxyl groups excluding tert-OH is 2. The number of nitrogen functional groups attached to an aromatic ring is 1. The van der Waals surface area contributed by atoms with Crippen molar-refractivity contribution in [3.63, 3.8) is 0 Å². The van der Waals surface area contributed by atoms with Crippen molar-refractivity contribution in [2.75, 3.05) is 45.1 Å². The number of nitrogens with zero attached hydrogens (tertiary/aromatic N) is 9. The molecular formula is C61H79N10O8Pd-. The van der Waals surface area contributed by atoms with E-state index in [9.17, 15) is 39.5 Å². The monoisotopic (exact) mass is 1190 g/mol. The van der Waals surface area contributed by atoms with Gasteiger partial charge in [-0.15, -0.1) is 0 Å². The molecule has 2 atom stereocenters. The van der Waals surface area contributed by atoms with E-state index in [0.29, 0.717) is 79.6 Å². The molecule has 80 heavy (non-hydrogen) atoms. The van der Waals surface area contributed by atoms with Crippen molar-refractivity contribution in [3.8, 4) is 11.4 Å². The van der Waals surface area contributed by atoms with Gasteiger partial charge in [0, 0.05) is 88.9 Å². The maximum atomic E-state index is 14.0. The fourth-order valence-corrected chi connectivity index (χ4v) is 10.2. The summed E-state index contributed by atoms with van der Waals surface area (Å²) in [5, 5.41) is 41.2. The van der Waals surface area contributed by atoms with Crippen LogP contribution in [-0.2, 0) is 46.4 Å². The number of unbranched alkanes of at least 4 members (excludes halogenated alkanes) is 4. The summed E-state index contributed by atoms with van der Waals surface area (Å²) in [5.74, 6) is -0.935. The molecule has 0 fully saturated rings. The number of non-ortho nitro benzene ring substituents is 1. The van der Waals surface area contributed by atoms with Crippen LogP contribution in [0.4, 0.5) is 11.4 Å². The molecule has 6 aromatic rings. The van der Waals surface area contributed by atoms with E-state index in [-0.39, 0.29) is 88.3 Å². The molecule has 0 radical (unpaired) electrons. The number of carbonyl (C=O) groups is 4. The van der Waals surface area contributed by atoms with E-state index < -0.39 is 16.9 Å². The molecule has 0 saturated carbocycles. The van der Waals surface area contributed by atoms with Crippen LogP contribution in [0.2, 0.25) is 0 Å². The first-order chi connectivity index (χ1) is 37.7. The summed E-state index contributed by atoms with van der Waals surface area (Å²) in [7, 11) is 0. The number of aromatic nitrogens is 4. The largest absolute Gasteiger partial charge is 0.399 e. The Morgan fingerprint density at radius 2 is 0.975 bits per heavy atom. The Morgan fingerprint density at radius 3 is 1.35 bits per heavy atom. The zero-order chi connectivity index (χ0) is 56.0.